The molecule has 1 saturated heterocycles. The van der Waals surface area contributed by atoms with Gasteiger partial charge in [0.15, 0.2) is 11.5 Å². The quantitative estimate of drug-likeness (QED) is 0.407. The van der Waals surface area contributed by atoms with Gasteiger partial charge in [-0.15, -0.1) is 0 Å². The molecular formula is C25H18ClFN2O5. The number of methoxy groups -OCH3 is 1. The van der Waals surface area contributed by atoms with Crippen molar-refractivity contribution in [3.8, 4) is 11.5 Å². The molecule has 1 N–H and O–H groups in total. The molecule has 9 heteroatoms. The van der Waals surface area contributed by atoms with Gasteiger partial charge in [0.2, 0.25) is 0 Å². The van der Waals surface area contributed by atoms with Crippen molar-refractivity contribution < 1.29 is 28.2 Å². The van der Waals surface area contributed by atoms with Crippen LogP contribution in [0.4, 0.5) is 14.9 Å². The van der Waals surface area contributed by atoms with Crippen LogP contribution in [0.1, 0.15) is 11.1 Å². The van der Waals surface area contributed by atoms with Gasteiger partial charge in [-0.2, -0.15) is 0 Å². The number of ether oxygens (including phenoxy) is 2. The summed E-state index contributed by atoms with van der Waals surface area (Å²) in [6.07, 6.45) is 1.29. The molecular weight excluding hydrogens is 463 g/mol. The van der Waals surface area contributed by atoms with Gasteiger partial charge in [-0.3, -0.25) is 14.9 Å². The number of carbonyl (C=O) groups is 3. The minimum atomic E-state index is -1.03. The molecule has 1 heterocycles. The van der Waals surface area contributed by atoms with Gasteiger partial charge in [0.05, 0.1) is 12.8 Å². The van der Waals surface area contributed by atoms with E-state index in [0.717, 1.165) is 11.6 Å². The van der Waals surface area contributed by atoms with Gasteiger partial charge in [-0.1, -0.05) is 41.9 Å². The predicted molar refractivity (Wildman–Crippen MR) is 124 cm³/mol. The fourth-order valence-electron chi connectivity index (χ4n) is 3.36. The maximum atomic E-state index is 14.2. The number of amides is 4. The third-order valence-corrected chi connectivity index (χ3v) is 5.21. The summed E-state index contributed by atoms with van der Waals surface area (Å²) in [5.74, 6) is -1.81. The van der Waals surface area contributed by atoms with Crippen LogP contribution >= 0.6 is 11.6 Å². The highest BCUT2D eigenvalue weighted by atomic mass is 35.5. The highest BCUT2D eigenvalue weighted by Crippen LogP contribution is 2.31. The van der Waals surface area contributed by atoms with E-state index in [1.165, 1.54) is 31.4 Å². The Hall–Kier alpha value is -4.17. The molecule has 0 radical (unpaired) electrons. The van der Waals surface area contributed by atoms with Crippen molar-refractivity contribution in [1.82, 2.24) is 5.32 Å². The van der Waals surface area contributed by atoms with Crippen molar-refractivity contribution in [2.24, 2.45) is 0 Å². The number of rotatable bonds is 6. The molecule has 34 heavy (non-hydrogen) atoms. The summed E-state index contributed by atoms with van der Waals surface area (Å²) in [7, 11) is 1.45. The van der Waals surface area contributed by atoms with Crippen molar-refractivity contribution in [1.29, 1.82) is 0 Å². The van der Waals surface area contributed by atoms with Crippen LogP contribution in [0.15, 0.2) is 72.3 Å². The fourth-order valence-corrected chi connectivity index (χ4v) is 3.57. The smallest absolute Gasteiger partial charge is 0.336 e. The SMILES string of the molecule is COc1cc(/C=C2/C(=O)NC(=O)N(c3ccccc3F)C2=O)ccc1OCc1cccc(Cl)c1. The number of carbonyl (C=O) groups excluding carboxylic acids is 3. The Morgan fingerprint density at radius 1 is 1.00 bits per heavy atom. The second kappa shape index (κ2) is 9.76. The fraction of sp³-hybridized carbons (Fsp3) is 0.0800. The van der Waals surface area contributed by atoms with Gasteiger partial charge in [0, 0.05) is 5.02 Å². The number of nitrogens with zero attached hydrogens (tertiary/aromatic N) is 1. The Kier molecular flexibility index (Phi) is 6.60. The molecule has 0 spiro atoms. The van der Waals surface area contributed by atoms with E-state index in [1.54, 1.807) is 30.3 Å². The van der Waals surface area contributed by atoms with Crippen LogP contribution in [0.2, 0.25) is 5.02 Å². The molecule has 7 nitrogen and oxygen atoms in total. The minimum absolute atomic E-state index is 0.248. The van der Waals surface area contributed by atoms with Gasteiger partial charge in [-0.25, -0.2) is 14.1 Å². The van der Waals surface area contributed by atoms with Crippen molar-refractivity contribution in [3.63, 3.8) is 0 Å². The first-order valence-electron chi connectivity index (χ1n) is 10.1. The molecule has 4 rings (SSSR count). The summed E-state index contributed by atoms with van der Waals surface area (Å²) in [5, 5.41) is 2.66. The van der Waals surface area contributed by atoms with E-state index < -0.39 is 23.7 Å². The first kappa shape index (κ1) is 23.0. The number of hydrogen-bond donors (Lipinski definition) is 1. The van der Waals surface area contributed by atoms with Crippen molar-refractivity contribution in [2.45, 2.75) is 6.61 Å². The highest BCUT2D eigenvalue weighted by Gasteiger charge is 2.37. The maximum absolute atomic E-state index is 14.2. The number of benzene rings is 3. The minimum Gasteiger partial charge on any atom is -0.493 e. The van der Waals surface area contributed by atoms with Gasteiger partial charge in [0.25, 0.3) is 11.8 Å². The number of barbiturate groups is 1. The van der Waals surface area contributed by atoms with Crippen molar-refractivity contribution >= 4 is 41.2 Å². The van der Waals surface area contributed by atoms with Gasteiger partial charge < -0.3 is 9.47 Å². The van der Waals surface area contributed by atoms with E-state index in [9.17, 15) is 18.8 Å². The molecule has 0 atom stereocenters. The first-order valence-corrected chi connectivity index (χ1v) is 10.5. The van der Waals surface area contributed by atoms with E-state index >= 15 is 0 Å². The number of hydrogen-bond acceptors (Lipinski definition) is 5. The van der Waals surface area contributed by atoms with E-state index in [4.69, 9.17) is 21.1 Å². The van der Waals surface area contributed by atoms with Crippen LogP contribution < -0.4 is 19.7 Å². The van der Waals surface area contributed by atoms with E-state index in [2.05, 4.69) is 5.32 Å². The molecule has 0 aromatic heterocycles. The molecule has 3 aromatic rings. The Morgan fingerprint density at radius 3 is 2.53 bits per heavy atom. The lowest BCUT2D eigenvalue weighted by Crippen LogP contribution is -2.54. The lowest BCUT2D eigenvalue weighted by atomic mass is 10.1. The molecule has 4 amide bonds. The number of nitrogens with one attached hydrogen (secondary N) is 1. The zero-order valence-corrected chi connectivity index (χ0v) is 18.6. The lowest BCUT2D eigenvalue weighted by molar-refractivity contribution is -0.122. The Balaban J connectivity index is 1.60. The average molecular weight is 481 g/mol. The molecule has 0 saturated carbocycles. The summed E-state index contributed by atoms with van der Waals surface area (Å²) in [6.45, 7) is 0.248. The number of anilines is 1. The first-order chi connectivity index (χ1) is 16.4. The Bertz CT molecular complexity index is 1320. The Morgan fingerprint density at radius 2 is 1.79 bits per heavy atom. The van der Waals surface area contributed by atoms with Crippen LogP contribution in [-0.2, 0) is 16.2 Å². The topological polar surface area (TPSA) is 84.9 Å². The summed E-state index contributed by atoms with van der Waals surface area (Å²) < 4.78 is 25.4. The van der Waals surface area contributed by atoms with E-state index in [-0.39, 0.29) is 17.9 Å². The standard InChI is InChI=1S/C25H18ClFN2O5/c1-33-22-13-15(9-10-21(22)34-14-16-5-4-6-17(26)11-16)12-18-23(30)28-25(32)29(24(18)31)20-8-3-2-7-19(20)27/h2-13H,14H2,1H3,(H,28,30,32)/b18-12-. The molecule has 0 bridgehead atoms. The zero-order valence-electron chi connectivity index (χ0n) is 17.9. The summed E-state index contributed by atoms with van der Waals surface area (Å²) in [6, 6.07) is 16.3. The summed E-state index contributed by atoms with van der Waals surface area (Å²) >= 11 is 6.00. The third kappa shape index (κ3) is 4.77. The zero-order chi connectivity index (χ0) is 24.2. The van der Waals surface area contributed by atoms with E-state index in [1.807, 2.05) is 12.1 Å². The lowest BCUT2D eigenvalue weighted by Gasteiger charge is -2.26. The normalized spacial score (nSPS) is 14.9. The summed E-state index contributed by atoms with van der Waals surface area (Å²) in [4.78, 5) is 38.2. The monoisotopic (exact) mass is 480 g/mol. The number of para-hydroxylation sites is 1. The van der Waals surface area contributed by atoms with Gasteiger partial charge in [0.1, 0.15) is 18.0 Å². The predicted octanol–water partition coefficient (Wildman–Crippen LogP) is 4.73. The molecule has 1 fully saturated rings. The number of imide groups is 2. The van der Waals surface area contributed by atoms with Crippen LogP contribution in [0.3, 0.4) is 0 Å². The summed E-state index contributed by atoms with van der Waals surface area (Å²) in [5.41, 5.74) is 0.708. The van der Waals surface area contributed by atoms with Crippen molar-refractivity contribution in [3.05, 3.63) is 94.3 Å². The van der Waals surface area contributed by atoms with Crippen LogP contribution in [0, 0.1) is 5.82 Å². The Labute approximate surface area is 199 Å². The largest absolute Gasteiger partial charge is 0.493 e. The molecule has 1 aliphatic rings. The molecule has 3 aromatic carbocycles. The van der Waals surface area contributed by atoms with Crippen LogP contribution in [-0.4, -0.2) is 25.0 Å². The number of halogens is 2. The highest BCUT2D eigenvalue weighted by molar-refractivity contribution is 6.39. The molecule has 172 valence electrons. The number of urea groups is 1. The van der Waals surface area contributed by atoms with E-state index in [0.29, 0.717) is 27.0 Å². The second-order valence-corrected chi connectivity index (χ2v) is 7.67. The van der Waals surface area contributed by atoms with Crippen molar-refractivity contribution in [2.75, 3.05) is 12.0 Å². The molecule has 1 aliphatic heterocycles. The second-order valence-electron chi connectivity index (χ2n) is 7.24. The molecule has 0 aliphatic carbocycles. The average Bonchev–Trinajstić information content (AvgIpc) is 2.82. The van der Waals surface area contributed by atoms with Gasteiger partial charge >= 0.3 is 6.03 Å². The maximum Gasteiger partial charge on any atom is 0.336 e. The van der Waals surface area contributed by atoms with Crippen LogP contribution in [0.25, 0.3) is 6.08 Å². The third-order valence-electron chi connectivity index (χ3n) is 4.98. The van der Waals surface area contributed by atoms with Gasteiger partial charge in [-0.05, 0) is 53.6 Å². The molecule has 0 unspecified atom stereocenters. The van der Waals surface area contributed by atoms with Crippen LogP contribution in [0.5, 0.6) is 11.5 Å².